The van der Waals surface area contributed by atoms with Crippen LogP contribution in [0.4, 0.5) is 16.2 Å². The van der Waals surface area contributed by atoms with Gasteiger partial charge in [-0.15, -0.1) is 0 Å². The lowest BCUT2D eigenvalue weighted by atomic mass is 10.1. The van der Waals surface area contributed by atoms with Crippen LogP contribution in [0.5, 0.6) is 0 Å². The Morgan fingerprint density at radius 3 is 2.40 bits per heavy atom. The molecule has 1 aliphatic heterocycles. The van der Waals surface area contributed by atoms with Crippen molar-refractivity contribution in [1.82, 2.24) is 4.90 Å². The summed E-state index contributed by atoms with van der Waals surface area (Å²) in [7, 11) is 1.52. The molecule has 0 unspecified atom stereocenters. The summed E-state index contributed by atoms with van der Waals surface area (Å²) in [6.07, 6.45) is -0.503. The van der Waals surface area contributed by atoms with Gasteiger partial charge in [-0.1, -0.05) is 30.8 Å². The molecule has 0 spiro atoms. The number of hydrogen-bond donors (Lipinski definition) is 2. The van der Waals surface area contributed by atoms with E-state index in [1.807, 2.05) is 12.1 Å². The largest absolute Gasteiger partial charge is 0.447 e. The Labute approximate surface area is 174 Å². The smallest absolute Gasteiger partial charge is 0.411 e. The Morgan fingerprint density at radius 1 is 1.00 bits per heavy atom. The molecule has 8 nitrogen and oxygen atoms in total. The van der Waals surface area contributed by atoms with Gasteiger partial charge in [-0.2, -0.15) is 0 Å². The molecule has 0 radical (unpaired) electrons. The van der Waals surface area contributed by atoms with E-state index in [1.54, 1.807) is 36.4 Å². The van der Waals surface area contributed by atoms with E-state index < -0.39 is 6.09 Å². The number of ether oxygens (including phenoxy) is 2. The Morgan fingerprint density at radius 2 is 1.70 bits per heavy atom. The second kappa shape index (κ2) is 9.71. The molecule has 3 rings (SSSR count). The van der Waals surface area contributed by atoms with Gasteiger partial charge in [0, 0.05) is 48.3 Å². The van der Waals surface area contributed by atoms with E-state index in [-0.39, 0.29) is 31.4 Å². The second-order valence-corrected chi connectivity index (χ2v) is 6.58. The van der Waals surface area contributed by atoms with Crippen molar-refractivity contribution >= 4 is 35.0 Å². The molecule has 2 aromatic rings. The van der Waals surface area contributed by atoms with Gasteiger partial charge in [0.2, 0.25) is 5.91 Å². The maximum Gasteiger partial charge on any atom is 0.411 e. The predicted molar refractivity (Wildman–Crippen MR) is 113 cm³/mol. The molecule has 2 N–H and O–H groups in total. The Hall–Kier alpha value is -3.65. The Bertz CT molecular complexity index is 938. The lowest BCUT2D eigenvalue weighted by Crippen LogP contribution is -2.27. The fourth-order valence-corrected chi connectivity index (χ4v) is 3.05. The van der Waals surface area contributed by atoms with Crippen LogP contribution in [0.25, 0.3) is 5.70 Å². The molecule has 1 aliphatic rings. The second-order valence-electron chi connectivity index (χ2n) is 6.58. The van der Waals surface area contributed by atoms with Crippen molar-refractivity contribution in [2.45, 2.75) is 6.42 Å². The van der Waals surface area contributed by atoms with Crippen LogP contribution in [0.1, 0.15) is 22.3 Å². The van der Waals surface area contributed by atoms with Gasteiger partial charge in [0.25, 0.3) is 5.91 Å². The van der Waals surface area contributed by atoms with Gasteiger partial charge in [-0.25, -0.2) is 4.79 Å². The molecular weight excluding hydrogens is 386 g/mol. The molecule has 30 heavy (non-hydrogen) atoms. The molecule has 0 atom stereocenters. The lowest BCUT2D eigenvalue weighted by Gasteiger charge is -2.17. The van der Waals surface area contributed by atoms with Gasteiger partial charge in [-0.3, -0.25) is 14.9 Å². The number of fused-ring (bicyclic) bond motifs is 1. The molecule has 8 heteroatoms. The zero-order valence-corrected chi connectivity index (χ0v) is 16.6. The van der Waals surface area contributed by atoms with Crippen molar-refractivity contribution in [3.63, 3.8) is 0 Å². The first-order valence-electron chi connectivity index (χ1n) is 9.42. The number of rotatable bonds is 8. The van der Waals surface area contributed by atoms with Crippen LogP contribution in [0, 0.1) is 0 Å². The predicted octanol–water partition coefficient (Wildman–Crippen LogP) is 3.34. The van der Waals surface area contributed by atoms with Crippen molar-refractivity contribution < 1.29 is 23.9 Å². The quantitative estimate of drug-likeness (QED) is 0.652. The Kier molecular flexibility index (Phi) is 6.82. The van der Waals surface area contributed by atoms with Crippen molar-refractivity contribution in [2.75, 3.05) is 37.5 Å². The number of amides is 3. The number of methoxy groups -OCH3 is 1. The SMILES string of the molecule is C=C1c2ccccc2C(=O)N1CCC(=O)Nc1cccc(NC(=O)OCCOC)c1. The van der Waals surface area contributed by atoms with E-state index in [1.165, 1.54) is 12.0 Å². The number of carbonyl (C=O) groups excluding carboxylic acids is 3. The third kappa shape index (κ3) is 5.03. The molecule has 0 aromatic heterocycles. The minimum absolute atomic E-state index is 0.107. The fourth-order valence-electron chi connectivity index (χ4n) is 3.05. The fraction of sp³-hybridized carbons (Fsp3) is 0.227. The first-order valence-corrected chi connectivity index (χ1v) is 9.42. The maximum atomic E-state index is 12.5. The number of anilines is 2. The minimum atomic E-state index is -0.610. The van der Waals surface area contributed by atoms with Gasteiger partial charge in [-0.05, 0) is 24.3 Å². The van der Waals surface area contributed by atoms with Crippen molar-refractivity contribution in [3.8, 4) is 0 Å². The average molecular weight is 409 g/mol. The van der Waals surface area contributed by atoms with Crippen LogP contribution in [-0.2, 0) is 14.3 Å². The average Bonchev–Trinajstić information content (AvgIpc) is 2.97. The highest BCUT2D eigenvalue weighted by atomic mass is 16.6. The summed E-state index contributed by atoms with van der Waals surface area (Å²) >= 11 is 0. The topological polar surface area (TPSA) is 97.0 Å². The van der Waals surface area contributed by atoms with E-state index in [4.69, 9.17) is 9.47 Å². The minimum Gasteiger partial charge on any atom is -0.447 e. The summed E-state index contributed by atoms with van der Waals surface area (Å²) in [4.78, 5) is 38.1. The van der Waals surface area contributed by atoms with Crippen molar-refractivity contribution in [2.24, 2.45) is 0 Å². The van der Waals surface area contributed by atoms with Crippen LogP contribution in [0.2, 0.25) is 0 Å². The first-order chi connectivity index (χ1) is 14.5. The van der Waals surface area contributed by atoms with E-state index >= 15 is 0 Å². The van der Waals surface area contributed by atoms with Crippen LogP contribution in [0.15, 0.2) is 55.1 Å². The van der Waals surface area contributed by atoms with Crippen LogP contribution in [0.3, 0.4) is 0 Å². The van der Waals surface area contributed by atoms with Crippen LogP contribution >= 0.6 is 0 Å². The summed E-state index contributed by atoms with van der Waals surface area (Å²) in [5, 5.41) is 5.34. The van der Waals surface area contributed by atoms with Crippen molar-refractivity contribution in [3.05, 3.63) is 66.2 Å². The number of hydrogen-bond acceptors (Lipinski definition) is 5. The summed E-state index contributed by atoms with van der Waals surface area (Å²) in [5.74, 6) is -0.409. The van der Waals surface area contributed by atoms with Crippen LogP contribution < -0.4 is 10.6 Å². The normalized spacial score (nSPS) is 12.5. The molecule has 0 fully saturated rings. The van der Waals surface area contributed by atoms with Crippen LogP contribution in [-0.4, -0.2) is 49.7 Å². The van der Waals surface area contributed by atoms with E-state index in [9.17, 15) is 14.4 Å². The third-order valence-electron chi connectivity index (χ3n) is 4.52. The molecule has 0 aliphatic carbocycles. The molecule has 3 amide bonds. The molecular formula is C22H23N3O5. The van der Waals surface area contributed by atoms with Gasteiger partial charge in [0.1, 0.15) is 6.61 Å². The monoisotopic (exact) mass is 409 g/mol. The van der Waals surface area contributed by atoms with Gasteiger partial charge in [0.05, 0.1) is 6.61 Å². The number of nitrogens with zero attached hydrogens (tertiary/aromatic N) is 1. The highest BCUT2D eigenvalue weighted by Crippen LogP contribution is 2.31. The summed E-state index contributed by atoms with van der Waals surface area (Å²) in [5.41, 5.74) is 2.98. The van der Waals surface area contributed by atoms with Gasteiger partial charge >= 0.3 is 6.09 Å². The molecule has 1 heterocycles. The van der Waals surface area contributed by atoms with Gasteiger partial charge < -0.3 is 19.7 Å². The van der Waals surface area contributed by atoms with Gasteiger partial charge in [0.15, 0.2) is 0 Å². The molecule has 0 saturated heterocycles. The summed E-state index contributed by atoms with van der Waals surface area (Å²) in [6, 6.07) is 13.9. The molecule has 0 saturated carbocycles. The third-order valence-corrected chi connectivity index (χ3v) is 4.52. The highest BCUT2D eigenvalue weighted by molar-refractivity contribution is 6.09. The molecule has 0 bridgehead atoms. The summed E-state index contributed by atoms with van der Waals surface area (Å²) in [6.45, 7) is 4.64. The first kappa shape index (κ1) is 21.1. The Balaban J connectivity index is 1.51. The van der Waals surface area contributed by atoms with Crippen molar-refractivity contribution in [1.29, 1.82) is 0 Å². The standard InChI is InChI=1S/C22H23N3O5/c1-15-18-8-3-4-9-19(18)21(27)25(15)11-10-20(26)23-16-6-5-7-17(14-16)24-22(28)30-13-12-29-2/h3-9,14H,1,10-13H2,2H3,(H,23,26)(H,24,28). The van der Waals surface area contributed by atoms with E-state index in [0.717, 1.165) is 5.56 Å². The number of benzene rings is 2. The van der Waals surface area contributed by atoms with E-state index in [0.29, 0.717) is 29.2 Å². The zero-order chi connectivity index (χ0) is 21.5. The number of carbonyl (C=O) groups is 3. The number of nitrogens with one attached hydrogen (secondary N) is 2. The van der Waals surface area contributed by atoms with E-state index in [2.05, 4.69) is 17.2 Å². The summed E-state index contributed by atoms with van der Waals surface area (Å²) < 4.78 is 9.76. The zero-order valence-electron chi connectivity index (χ0n) is 16.6. The molecule has 2 aromatic carbocycles. The molecule has 156 valence electrons. The maximum absolute atomic E-state index is 12.5. The lowest BCUT2D eigenvalue weighted by molar-refractivity contribution is -0.116. The highest BCUT2D eigenvalue weighted by Gasteiger charge is 2.30.